The number of nitro groups is 1. The first kappa shape index (κ1) is 18.2. The van der Waals surface area contributed by atoms with Gasteiger partial charge in [-0.25, -0.2) is 14.1 Å². The van der Waals surface area contributed by atoms with Crippen molar-refractivity contribution in [1.29, 1.82) is 0 Å². The minimum atomic E-state index is -0.789. The van der Waals surface area contributed by atoms with Crippen molar-refractivity contribution in [2.45, 2.75) is 26.4 Å². The Bertz CT molecular complexity index is 980. The van der Waals surface area contributed by atoms with Crippen LogP contribution < -0.4 is 5.32 Å². The highest BCUT2D eigenvalue weighted by Crippen LogP contribution is 2.17. The largest absolute Gasteiger partial charge is 0.390 e. The van der Waals surface area contributed by atoms with Crippen molar-refractivity contribution in [1.82, 2.24) is 24.5 Å². The lowest BCUT2D eigenvalue weighted by atomic mass is 10.2. The molecule has 1 amide bonds. The van der Waals surface area contributed by atoms with E-state index in [0.29, 0.717) is 12.2 Å². The Morgan fingerprint density at radius 3 is 2.67 bits per heavy atom. The molecule has 2 heterocycles. The van der Waals surface area contributed by atoms with Crippen LogP contribution in [0.4, 0.5) is 16.2 Å². The molecule has 1 atom stereocenters. The molecule has 3 aromatic rings. The van der Waals surface area contributed by atoms with Gasteiger partial charge in [0, 0.05) is 0 Å². The number of hydrogen-bond donors (Lipinski definition) is 1. The molecule has 0 radical (unpaired) electrons. The molecule has 1 aromatic carbocycles. The minimum absolute atomic E-state index is 0.0910. The van der Waals surface area contributed by atoms with Gasteiger partial charge in [0.05, 0.1) is 23.4 Å². The first-order chi connectivity index (χ1) is 12.8. The third-order valence-electron chi connectivity index (χ3n) is 3.87. The van der Waals surface area contributed by atoms with Gasteiger partial charge in [0.15, 0.2) is 0 Å². The molecule has 0 aliphatic heterocycles. The van der Waals surface area contributed by atoms with Crippen LogP contribution in [-0.4, -0.2) is 35.4 Å². The number of aromatic nitrogens is 5. The fraction of sp³-hybridized carbons (Fsp3) is 0.250. The number of nitrogens with zero attached hydrogens (tertiary/aromatic N) is 6. The van der Waals surface area contributed by atoms with Gasteiger partial charge < -0.3 is 10.1 Å². The smallest absolute Gasteiger partial charge is 0.358 e. The van der Waals surface area contributed by atoms with Crippen LogP contribution in [0.5, 0.6) is 0 Å². The molecule has 140 valence electrons. The highest BCUT2D eigenvalue weighted by atomic mass is 19.1. The minimum Gasteiger partial charge on any atom is -0.358 e. The van der Waals surface area contributed by atoms with Gasteiger partial charge in [-0.15, -0.1) is 5.10 Å². The Kier molecular flexibility index (Phi) is 4.92. The topological polar surface area (TPSA) is 121 Å². The van der Waals surface area contributed by atoms with Crippen LogP contribution in [0.15, 0.2) is 36.7 Å². The lowest BCUT2D eigenvalue weighted by molar-refractivity contribution is -0.389. The number of anilines is 1. The van der Waals surface area contributed by atoms with Crippen LogP contribution in [0.2, 0.25) is 0 Å². The molecule has 0 spiro atoms. The molecule has 11 heteroatoms. The zero-order chi connectivity index (χ0) is 19.6. The summed E-state index contributed by atoms with van der Waals surface area (Å²) in [4.78, 5) is 26.6. The summed E-state index contributed by atoms with van der Waals surface area (Å²) in [5, 5.41) is 21.3. The molecule has 2 aromatic heterocycles. The molecular weight excluding hydrogens is 357 g/mol. The first-order valence-electron chi connectivity index (χ1n) is 7.99. The second-order valence-electron chi connectivity index (χ2n) is 5.90. The number of carbonyl (C=O) groups excluding carboxylic acids is 1. The number of halogens is 1. The van der Waals surface area contributed by atoms with Crippen LogP contribution in [0, 0.1) is 22.9 Å². The molecule has 1 unspecified atom stereocenters. The number of benzene rings is 1. The van der Waals surface area contributed by atoms with Gasteiger partial charge >= 0.3 is 5.82 Å². The van der Waals surface area contributed by atoms with E-state index in [1.54, 1.807) is 26.0 Å². The third-order valence-corrected chi connectivity index (χ3v) is 3.87. The summed E-state index contributed by atoms with van der Waals surface area (Å²) >= 11 is 0. The normalized spacial score (nSPS) is 12.0. The van der Waals surface area contributed by atoms with Crippen LogP contribution in [0.1, 0.15) is 24.2 Å². The zero-order valence-electron chi connectivity index (χ0n) is 14.5. The lowest BCUT2D eigenvalue weighted by Gasteiger charge is -2.09. The van der Waals surface area contributed by atoms with Crippen LogP contribution in [-0.2, 0) is 11.3 Å². The monoisotopic (exact) mass is 373 g/mol. The first-order valence-corrected chi connectivity index (χ1v) is 7.99. The molecule has 1 N–H and O–H groups in total. The molecule has 0 saturated heterocycles. The number of aryl methyl sites for hydroxylation is 1. The van der Waals surface area contributed by atoms with E-state index < -0.39 is 16.9 Å². The summed E-state index contributed by atoms with van der Waals surface area (Å²) < 4.78 is 15.7. The summed E-state index contributed by atoms with van der Waals surface area (Å²) in [7, 11) is 0. The summed E-state index contributed by atoms with van der Waals surface area (Å²) in [6.45, 7) is 3.55. The molecule has 10 nitrogen and oxygen atoms in total. The van der Waals surface area contributed by atoms with Crippen molar-refractivity contribution < 1.29 is 14.1 Å². The van der Waals surface area contributed by atoms with Gasteiger partial charge in [0.2, 0.25) is 5.95 Å². The maximum absolute atomic E-state index is 12.9. The molecule has 27 heavy (non-hydrogen) atoms. The highest BCUT2D eigenvalue weighted by Gasteiger charge is 2.25. The summed E-state index contributed by atoms with van der Waals surface area (Å²) in [5.41, 5.74) is 1.31. The fourth-order valence-electron chi connectivity index (χ4n) is 2.48. The van der Waals surface area contributed by atoms with Crippen molar-refractivity contribution in [3.8, 4) is 0 Å². The Labute approximate surface area is 152 Å². The zero-order valence-corrected chi connectivity index (χ0v) is 14.5. The number of hydrogen-bond acceptors (Lipinski definition) is 6. The Morgan fingerprint density at radius 1 is 1.33 bits per heavy atom. The number of nitrogens with one attached hydrogen (secondary N) is 1. The summed E-state index contributed by atoms with van der Waals surface area (Å²) in [5.74, 6) is -1.02. The maximum Gasteiger partial charge on any atom is 0.390 e. The van der Waals surface area contributed by atoms with Gasteiger partial charge in [-0.1, -0.05) is 12.1 Å². The van der Waals surface area contributed by atoms with Crippen molar-refractivity contribution in [2.24, 2.45) is 0 Å². The second kappa shape index (κ2) is 7.32. The van der Waals surface area contributed by atoms with E-state index in [0.717, 1.165) is 5.56 Å². The van der Waals surface area contributed by atoms with E-state index in [9.17, 15) is 19.3 Å². The maximum atomic E-state index is 12.9. The van der Waals surface area contributed by atoms with E-state index in [2.05, 4.69) is 20.5 Å². The molecule has 0 saturated carbocycles. The second-order valence-corrected chi connectivity index (χ2v) is 5.90. The quantitative estimate of drug-likeness (QED) is 0.522. The van der Waals surface area contributed by atoms with Crippen molar-refractivity contribution >= 4 is 17.7 Å². The van der Waals surface area contributed by atoms with Crippen molar-refractivity contribution in [3.05, 3.63) is 63.8 Å². The van der Waals surface area contributed by atoms with Crippen molar-refractivity contribution in [3.63, 3.8) is 0 Å². The Morgan fingerprint density at radius 2 is 2.04 bits per heavy atom. The summed E-state index contributed by atoms with van der Waals surface area (Å²) in [6.07, 6.45) is 1.44. The molecular formula is C16H16FN7O3. The molecule has 0 aliphatic rings. The van der Waals surface area contributed by atoms with E-state index in [4.69, 9.17) is 0 Å². The highest BCUT2D eigenvalue weighted by molar-refractivity contribution is 5.91. The Hall–Kier alpha value is -3.63. The predicted octanol–water partition coefficient (Wildman–Crippen LogP) is 2.08. The van der Waals surface area contributed by atoms with Gasteiger partial charge in [0.1, 0.15) is 18.2 Å². The van der Waals surface area contributed by atoms with Crippen LogP contribution in [0.3, 0.4) is 0 Å². The van der Waals surface area contributed by atoms with E-state index in [1.807, 2.05) is 0 Å². The SMILES string of the molecule is Cc1cc([N+](=O)[O-])nn1C(C)C(=O)Nc1ncn(Cc2ccc(F)cc2)n1. The average molecular weight is 373 g/mol. The van der Waals surface area contributed by atoms with Gasteiger partial charge in [-0.3, -0.25) is 10.1 Å². The van der Waals surface area contributed by atoms with Crippen LogP contribution in [0.25, 0.3) is 0 Å². The lowest BCUT2D eigenvalue weighted by Crippen LogP contribution is -2.25. The molecule has 0 fully saturated rings. The predicted molar refractivity (Wildman–Crippen MR) is 92.5 cm³/mol. The van der Waals surface area contributed by atoms with Gasteiger partial charge in [-0.05, 0) is 36.5 Å². The molecule has 3 rings (SSSR count). The van der Waals surface area contributed by atoms with E-state index in [1.165, 1.54) is 33.9 Å². The number of rotatable bonds is 6. The van der Waals surface area contributed by atoms with Gasteiger partial charge in [0.25, 0.3) is 5.91 Å². The number of amides is 1. The van der Waals surface area contributed by atoms with E-state index >= 15 is 0 Å². The summed E-state index contributed by atoms with van der Waals surface area (Å²) in [6, 6.07) is 6.46. The standard InChI is InChI=1S/C16H16FN7O3/c1-10-7-14(24(26)27)20-23(10)11(2)15(25)19-16-18-9-22(21-16)8-12-3-5-13(17)6-4-12/h3-7,9,11H,8H2,1-2H3,(H,19,21,25). The van der Waals surface area contributed by atoms with Crippen LogP contribution >= 0.6 is 0 Å². The third kappa shape index (κ3) is 4.14. The van der Waals surface area contributed by atoms with Crippen molar-refractivity contribution in [2.75, 3.05) is 5.32 Å². The number of carbonyl (C=O) groups is 1. The van der Waals surface area contributed by atoms with Gasteiger partial charge in [-0.2, -0.15) is 4.68 Å². The molecule has 0 aliphatic carbocycles. The molecule has 0 bridgehead atoms. The average Bonchev–Trinajstić information content (AvgIpc) is 3.23. The fourth-order valence-corrected chi connectivity index (χ4v) is 2.48. The Balaban J connectivity index is 1.66. The van der Waals surface area contributed by atoms with E-state index in [-0.39, 0.29) is 17.6 Å².